The van der Waals surface area contributed by atoms with Crippen LogP contribution in [-0.2, 0) is 9.59 Å². The van der Waals surface area contributed by atoms with E-state index in [0.717, 1.165) is 5.69 Å². The highest BCUT2D eigenvalue weighted by atomic mass is 35.5. The Bertz CT molecular complexity index is 693. The SMILES string of the molecule is O=C1[C@H]2[C@@H]3C=C[C@@H]([C@H]4C[C@H]34)[C@@H]2C(=O)N1CNc1ccc(Cl)cc1. The zero-order valence-corrected chi connectivity index (χ0v) is 13.2. The summed E-state index contributed by atoms with van der Waals surface area (Å²) in [5, 5.41) is 3.83. The van der Waals surface area contributed by atoms with Gasteiger partial charge in [0, 0.05) is 10.7 Å². The van der Waals surface area contributed by atoms with E-state index in [2.05, 4.69) is 17.5 Å². The Morgan fingerprint density at radius 3 is 2.13 bits per heavy atom. The van der Waals surface area contributed by atoms with Gasteiger partial charge in [-0.25, -0.2) is 0 Å². The summed E-state index contributed by atoms with van der Waals surface area (Å²) in [6, 6.07) is 7.27. The molecular formula is C18H17ClN2O2. The van der Waals surface area contributed by atoms with Crippen molar-refractivity contribution in [3.8, 4) is 0 Å². The fraction of sp³-hybridized carbons (Fsp3) is 0.444. The van der Waals surface area contributed by atoms with Gasteiger partial charge < -0.3 is 5.32 Å². The first-order chi connectivity index (χ1) is 11.1. The average molecular weight is 329 g/mol. The number of rotatable bonds is 3. The minimum atomic E-state index is -0.117. The van der Waals surface area contributed by atoms with Crippen LogP contribution in [0.15, 0.2) is 36.4 Å². The summed E-state index contributed by atoms with van der Waals surface area (Å²) in [7, 11) is 0. The van der Waals surface area contributed by atoms with Gasteiger partial charge in [0.15, 0.2) is 0 Å². The number of nitrogens with one attached hydrogen (secondary N) is 1. The number of hydrogen-bond acceptors (Lipinski definition) is 3. The number of hydrogen-bond donors (Lipinski definition) is 1. The summed E-state index contributed by atoms with van der Waals surface area (Å²) >= 11 is 5.87. The molecule has 6 rings (SSSR count). The maximum Gasteiger partial charge on any atom is 0.235 e. The van der Waals surface area contributed by atoms with Crippen LogP contribution in [-0.4, -0.2) is 23.4 Å². The fourth-order valence-corrected chi connectivity index (χ4v) is 5.04. The van der Waals surface area contributed by atoms with Crippen molar-refractivity contribution in [3.63, 3.8) is 0 Å². The first-order valence-electron chi connectivity index (χ1n) is 8.18. The van der Waals surface area contributed by atoms with E-state index in [0.29, 0.717) is 16.9 Å². The number of benzene rings is 1. The van der Waals surface area contributed by atoms with Crippen molar-refractivity contribution in [1.29, 1.82) is 0 Å². The van der Waals surface area contributed by atoms with Gasteiger partial charge in [-0.15, -0.1) is 0 Å². The number of carbonyl (C=O) groups is 2. The van der Waals surface area contributed by atoms with Crippen LogP contribution in [0.3, 0.4) is 0 Å². The van der Waals surface area contributed by atoms with Gasteiger partial charge in [0.2, 0.25) is 11.8 Å². The molecule has 23 heavy (non-hydrogen) atoms. The predicted octanol–water partition coefficient (Wildman–Crippen LogP) is 2.76. The molecule has 2 saturated carbocycles. The molecule has 0 radical (unpaired) electrons. The highest BCUT2D eigenvalue weighted by Crippen LogP contribution is 2.65. The van der Waals surface area contributed by atoms with Gasteiger partial charge in [-0.1, -0.05) is 23.8 Å². The highest BCUT2D eigenvalue weighted by molar-refractivity contribution is 6.30. The van der Waals surface area contributed by atoms with Gasteiger partial charge in [-0.05, 0) is 54.4 Å². The molecule has 1 aliphatic heterocycles. The molecule has 3 fully saturated rings. The van der Waals surface area contributed by atoms with Crippen LogP contribution in [0.25, 0.3) is 0 Å². The monoisotopic (exact) mass is 328 g/mol. The Morgan fingerprint density at radius 2 is 1.57 bits per heavy atom. The lowest BCUT2D eigenvalue weighted by molar-refractivity contribution is -0.139. The first kappa shape index (κ1) is 13.6. The molecule has 2 amide bonds. The lowest BCUT2D eigenvalue weighted by atomic mass is 9.63. The van der Waals surface area contributed by atoms with E-state index in [9.17, 15) is 9.59 Å². The Hall–Kier alpha value is -1.81. The lowest BCUT2D eigenvalue weighted by Gasteiger charge is -2.37. The zero-order chi connectivity index (χ0) is 15.7. The standard InChI is InChI=1S/C18H17ClN2O2/c19-9-1-3-10(4-2-9)20-8-21-17(22)15-11-5-6-12(14-7-13(11)14)16(15)18(21)23/h1-6,11-16,20H,7-8H2/t11-,12+,13-,14-,15+,16+/m1/s1. The maximum absolute atomic E-state index is 12.8. The number of imide groups is 1. The van der Waals surface area contributed by atoms with Gasteiger partial charge in [0.25, 0.3) is 0 Å². The van der Waals surface area contributed by atoms with Crippen molar-refractivity contribution in [2.24, 2.45) is 35.5 Å². The first-order valence-corrected chi connectivity index (χ1v) is 8.56. The molecule has 118 valence electrons. The number of halogens is 1. The molecule has 0 aromatic heterocycles. The van der Waals surface area contributed by atoms with E-state index in [1.54, 1.807) is 12.1 Å². The summed E-state index contributed by atoms with van der Waals surface area (Å²) in [4.78, 5) is 27.0. The second-order valence-electron chi connectivity index (χ2n) is 7.10. The Labute approximate surface area is 139 Å². The molecular weight excluding hydrogens is 312 g/mol. The molecule has 4 aliphatic carbocycles. The molecule has 5 heteroatoms. The maximum atomic E-state index is 12.8. The van der Waals surface area contributed by atoms with Crippen molar-refractivity contribution in [3.05, 3.63) is 41.4 Å². The van der Waals surface area contributed by atoms with Gasteiger partial charge in [-0.2, -0.15) is 0 Å². The Balaban J connectivity index is 1.36. The third-order valence-corrected chi connectivity index (χ3v) is 6.29. The third kappa shape index (κ3) is 1.84. The van der Waals surface area contributed by atoms with Gasteiger partial charge in [-0.3, -0.25) is 14.5 Å². The van der Waals surface area contributed by atoms with E-state index in [4.69, 9.17) is 11.6 Å². The molecule has 0 unspecified atom stereocenters. The third-order valence-electron chi connectivity index (χ3n) is 6.04. The minimum absolute atomic E-state index is 0.00571. The van der Waals surface area contributed by atoms with Crippen LogP contribution in [0.1, 0.15) is 6.42 Å². The molecule has 1 heterocycles. The normalized spacial score (nSPS) is 39.4. The Morgan fingerprint density at radius 1 is 1.00 bits per heavy atom. The van der Waals surface area contributed by atoms with Gasteiger partial charge in [0.1, 0.15) is 0 Å². The van der Waals surface area contributed by atoms with Crippen molar-refractivity contribution >= 4 is 29.1 Å². The molecule has 1 saturated heterocycles. The predicted molar refractivity (Wildman–Crippen MR) is 86.5 cm³/mol. The summed E-state index contributed by atoms with van der Waals surface area (Å²) in [5.41, 5.74) is 0.855. The summed E-state index contributed by atoms with van der Waals surface area (Å²) in [6.45, 7) is 0.237. The van der Waals surface area contributed by atoms with E-state index >= 15 is 0 Å². The van der Waals surface area contributed by atoms with Crippen LogP contribution >= 0.6 is 11.6 Å². The van der Waals surface area contributed by atoms with E-state index in [-0.39, 0.29) is 42.2 Å². The highest BCUT2D eigenvalue weighted by Gasteiger charge is 2.66. The van der Waals surface area contributed by atoms with Crippen LogP contribution in [0.4, 0.5) is 5.69 Å². The molecule has 1 N–H and O–H groups in total. The molecule has 5 aliphatic rings. The number of anilines is 1. The molecule has 0 spiro atoms. The Kier molecular flexibility index (Phi) is 2.72. The summed E-state index contributed by atoms with van der Waals surface area (Å²) < 4.78 is 0. The second-order valence-corrected chi connectivity index (χ2v) is 7.54. The molecule has 1 aromatic rings. The number of carbonyl (C=O) groups excluding carboxylic acids is 2. The van der Waals surface area contributed by atoms with Crippen LogP contribution in [0.2, 0.25) is 5.02 Å². The zero-order valence-electron chi connectivity index (χ0n) is 12.5. The molecule has 2 bridgehead atoms. The largest absolute Gasteiger partial charge is 0.367 e. The van der Waals surface area contributed by atoms with Crippen LogP contribution < -0.4 is 5.32 Å². The smallest absolute Gasteiger partial charge is 0.235 e. The van der Waals surface area contributed by atoms with E-state index in [1.165, 1.54) is 11.3 Å². The summed E-state index contributed by atoms with van der Waals surface area (Å²) in [6.07, 6.45) is 5.58. The summed E-state index contributed by atoms with van der Waals surface area (Å²) in [5.74, 6) is 1.64. The van der Waals surface area contributed by atoms with Crippen LogP contribution in [0, 0.1) is 35.5 Å². The van der Waals surface area contributed by atoms with Crippen molar-refractivity contribution in [1.82, 2.24) is 4.90 Å². The number of likely N-dealkylation sites (tertiary alicyclic amines) is 1. The average Bonchev–Trinajstić information content (AvgIpc) is 3.33. The van der Waals surface area contributed by atoms with Gasteiger partial charge >= 0.3 is 0 Å². The number of allylic oxidation sites excluding steroid dienone is 2. The van der Waals surface area contributed by atoms with Crippen molar-refractivity contribution in [2.45, 2.75) is 6.42 Å². The molecule has 1 aromatic carbocycles. The molecule has 6 atom stereocenters. The minimum Gasteiger partial charge on any atom is -0.367 e. The number of nitrogens with zero attached hydrogens (tertiary/aromatic N) is 1. The topological polar surface area (TPSA) is 49.4 Å². The van der Waals surface area contributed by atoms with E-state index in [1.807, 2.05) is 12.1 Å². The quantitative estimate of drug-likeness (QED) is 0.685. The van der Waals surface area contributed by atoms with E-state index < -0.39 is 0 Å². The lowest BCUT2D eigenvalue weighted by Crippen LogP contribution is -2.40. The van der Waals surface area contributed by atoms with Crippen molar-refractivity contribution in [2.75, 3.05) is 12.0 Å². The van der Waals surface area contributed by atoms with Crippen molar-refractivity contribution < 1.29 is 9.59 Å². The number of amides is 2. The fourth-order valence-electron chi connectivity index (χ4n) is 4.91. The van der Waals surface area contributed by atoms with Gasteiger partial charge in [0.05, 0.1) is 18.5 Å². The second kappa shape index (κ2) is 4.60. The van der Waals surface area contributed by atoms with Crippen LogP contribution in [0.5, 0.6) is 0 Å². The molecule has 4 nitrogen and oxygen atoms in total.